The topological polar surface area (TPSA) is 293 Å². The van der Waals surface area contributed by atoms with Crippen LogP contribution in [0.5, 0.6) is 5.75 Å². The highest BCUT2D eigenvalue weighted by Crippen LogP contribution is 2.20. The Kier molecular flexibility index (Phi) is 27.6. The Morgan fingerprint density at radius 2 is 1.31 bits per heavy atom. The van der Waals surface area contributed by atoms with Crippen LogP contribution in [-0.4, -0.2) is 159 Å². The first-order valence-corrected chi connectivity index (χ1v) is 26.8. The maximum absolute atomic E-state index is 13.9. The number of nitrogens with one attached hydrogen (secondary N) is 5. The minimum Gasteiger partial charge on any atom is -0.508 e. The highest BCUT2D eigenvalue weighted by molar-refractivity contribution is 5.95. The number of rotatable bonds is 28. The van der Waals surface area contributed by atoms with Crippen molar-refractivity contribution in [3.05, 3.63) is 90.0 Å². The number of ether oxygens (including phenoxy) is 1. The van der Waals surface area contributed by atoms with Crippen LogP contribution in [0.2, 0.25) is 0 Å². The number of aliphatic hydroxyl groups is 3. The minimum absolute atomic E-state index is 0.00198. The number of carbonyl (C=O) groups is 8. The van der Waals surface area contributed by atoms with Gasteiger partial charge in [0.05, 0.1) is 49.8 Å². The fraction of sp³-hybridized carbons (Fsp3) is 0.579. The van der Waals surface area contributed by atoms with Crippen molar-refractivity contribution >= 4 is 47.3 Å². The van der Waals surface area contributed by atoms with Gasteiger partial charge in [0.25, 0.3) is 0 Å². The molecule has 77 heavy (non-hydrogen) atoms. The number of likely N-dealkylation sites (N-methyl/N-ethyl adjacent to an activating group) is 2. The second-order valence-electron chi connectivity index (χ2n) is 20.9. The zero-order valence-electron chi connectivity index (χ0n) is 46.3. The minimum atomic E-state index is -1.69. The van der Waals surface area contributed by atoms with Crippen molar-refractivity contribution in [3.8, 4) is 5.75 Å². The lowest BCUT2D eigenvalue weighted by Gasteiger charge is -2.36. The summed E-state index contributed by atoms with van der Waals surface area (Å²) < 4.78 is 5.69. The molecule has 20 nitrogen and oxygen atoms in total. The summed E-state index contributed by atoms with van der Waals surface area (Å²) in [5, 5.41) is 55.9. The summed E-state index contributed by atoms with van der Waals surface area (Å²) in [6.07, 6.45) is 7.60. The van der Waals surface area contributed by atoms with Crippen LogP contribution in [0.1, 0.15) is 111 Å². The summed E-state index contributed by atoms with van der Waals surface area (Å²) in [5.41, 5.74) is 1.43. The predicted molar refractivity (Wildman–Crippen MR) is 290 cm³/mol. The molecule has 0 bridgehead atoms. The second kappa shape index (κ2) is 32.8. The highest BCUT2D eigenvalue weighted by atomic mass is 16.5. The monoisotopic (exact) mass is 1080 g/mol. The lowest BCUT2D eigenvalue weighted by Crippen LogP contribution is -2.57. The predicted octanol–water partition coefficient (Wildman–Crippen LogP) is 2.75. The Labute approximate surface area is 453 Å². The molecule has 9 unspecified atom stereocenters. The number of phenolic OH excluding ortho intramolecular Hbond substituents is 1. The Balaban J connectivity index is 1.69. The van der Waals surface area contributed by atoms with Gasteiger partial charge in [0, 0.05) is 33.0 Å². The van der Waals surface area contributed by atoms with E-state index in [-0.39, 0.29) is 36.8 Å². The van der Waals surface area contributed by atoms with Crippen LogP contribution >= 0.6 is 0 Å². The van der Waals surface area contributed by atoms with Gasteiger partial charge >= 0.3 is 5.97 Å². The van der Waals surface area contributed by atoms with Crippen LogP contribution in [0.15, 0.2) is 78.9 Å². The summed E-state index contributed by atoms with van der Waals surface area (Å²) in [5.74, 6) is -6.72. The molecule has 3 rings (SSSR count). The number of cyclic esters (lactones) is 1. The number of allylic oxidation sites excluding steroid dienone is 1. The van der Waals surface area contributed by atoms with Crippen LogP contribution in [0.3, 0.4) is 0 Å². The van der Waals surface area contributed by atoms with Crippen LogP contribution in [0, 0.1) is 17.8 Å². The van der Waals surface area contributed by atoms with Gasteiger partial charge in [-0.05, 0) is 60.3 Å². The van der Waals surface area contributed by atoms with Crippen molar-refractivity contribution in [3.63, 3.8) is 0 Å². The first-order valence-electron chi connectivity index (χ1n) is 26.8. The molecule has 9 atom stereocenters. The van der Waals surface area contributed by atoms with E-state index in [2.05, 4.69) is 33.5 Å². The summed E-state index contributed by atoms with van der Waals surface area (Å²) in [7, 11) is 2.90. The van der Waals surface area contributed by atoms with Crippen LogP contribution in [-0.2, 0) is 55.9 Å². The van der Waals surface area contributed by atoms with E-state index in [0.717, 1.165) is 43.7 Å². The number of benzene rings is 2. The van der Waals surface area contributed by atoms with E-state index < -0.39 is 134 Å². The lowest BCUT2D eigenvalue weighted by molar-refractivity contribution is -0.157. The molecule has 0 aliphatic carbocycles. The van der Waals surface area contributed by atoms with Crippen molar-refractivity contribution in [2.45, 2.75) is 167 Å². The molecule has 426 valence electrons. The number of carbonyl (C=O) groups excluding carboxylic acids is 8. The molecule has 0 saturated heterocycles. The van der Waals surface area contributed by atoms with Crippen molar-refractivity contribution in [1.29, 1.82) is 0 Å². The number of nitrogens with zero attached hydrogens (tertiary/aromatic N) is 2. The number of unbranched alkanes of at least 4 members (excludes halogenated alkanes) is 4. The fourth-order valence-electron chi connectivity index (χ4n) is 8.78. The third kappa shape index (κ3) is 21.7. The molecule has 0 fully saturated rings. The first kappa shape index (κ1) is 64.6. The number of esters is 1. The average molecular weight is 1080 g/mol. The van der Waals surface area contributed by atoms with E-state index in [1.165, 1.54) is 42.1 Å². The van der Waals surface area contributed by atoms with Gasteiger partial charge in [-0.25, -0.2) is 4.79 Å². The van der Waals surface area contributed by atoms with Crippen molar-refractivity contribution in [1.82, 2.24) is 36.4 Å². The van der Waals surface area contributed by atoms with Gasteiger partial charge in [-0.15, -0.1) is 0 Å². The molecule has 0 spiro atoms. The summed E-state index contributed by atoms with van der Waals surface area (Å²) in [4.78, 5) is 111. The van der Waals surface area contributed by atoms with Crippen molar-refractivity contribution in [2.24, 2.45) is 17.8 Å². The van der Waals surface area contributed by atoms with E-state index in [1.807, 2.05) is 36.4 Å². The average Bonchev–Trinajstić information content (AvgIpc) is 3.37. The Hall–Kier alpha value is -6.64. The fourth-order valence-corrected chi connectivity index (χ4v) is 8.78. The van der Waals surface area contributed by atoms with Crippen LogP contribution in [0.25, 0.3) is 0 Å². The van der Waals surface area contributed by atoms with Crippen LogP contribution < -0.4 is 26.6 Å². The van der Waals surface area contributed by atoms with Crippen molar-refractivity contribution in [2.75, 3.05) is 27.3 Å². The van der Waals surface area contributed by atoms with Gasteiger partial charge in [-0.1, -0.05) is 128 Å². The third-order valence-corrected chi connectivity index (χ3v) is 13.4. The Morgan fingerprint density at radius 3 is 1.88 bits per heavy atom. The molecule has 1 heterocycles. The van der Waals surface area contributed by atoms with E-state index in [9.17, 15) is 58.8 Å². The molecule has 2 aromatic carbocycles. The number of amides is 7. The largest absolute Gasteiger partial charge is 0.508 e. The summed E-state index contributed by atoms with van der Waals surface area (Å²) in [6.45, 7) is 11.0. The molecule has 0 aromatic heterocycles. The smallest absolute Gasteiger partial charge is 0.329 e. The normalized spacial score (nSPS) is 18.9. The quantitative estimate of drug-likeness (QED) is 0.0337. The zero-order chi connectivity index (χ0) is 57.4. The third-order valence-electron chi connectivity index (χ3n) is 13.4. The van der Waals surface area contributed by atoms with Crippen molar-refractivity contribution < 1.29 is 63.5 Å². The highest BCUT2D eigenvalue weighted by Gasteiger charge is 2.38. The number of hydrogen-bond donors (Lipinski definition) is 9. The molecule has 20 heteroatoms. The lowest BCUT2D eigenvalue weighted by atomic mass is 9.97. The molecule has 2 aromatic rings. The molecule has 9 N–H and O–H groups in total. The molecule has 1 aliphatic heterocycles. The second-order valence-corrected chi connectivity index (χ2v) is 20.9. The number of aromatic hydroxyl groups is 1. The first-order chi connectivity index (χ1) is 36.5. The molecule has 0 radical (unpaired) electrons. The molecule has 0 saturated carbocycles. The Bertz CT molecular complexity index is 2290. The molecular formula is C57H85N7O13. The Morgan fingerprint density at radius 1 is 0.714 bits per heavy atom. The van der Waals surface area contributed by atoms with Gasteiger partial charge in [-0.2, -0.15) is 0 Å². The molecule has 7 amide bonds. The van der Waals surface area contributed by atoms with E-state index in [4.69, 9.17) is 4.74 Å². The zero-order valence-corrected chi connectivity index (χ0v) is 46.3. The summed E-state index contributed by atoms with van der Waals surface area (Å²) >= 11 is 0. The van der Waals surface area contributed by atoms with Gasteiger partial charge in [0.1, 0.15) is 36.5 Å². The number of hydrogen-bond acceptors (Lipinski definition) is 13. The van der Waals surface area contributed by atoms with E-state index in [0.29, 0.717) is 5.56 Å². The van der Waals surface area contributed by atoms with Gasteiger partial charge in [0.15, 0.2) is 0 Å². The standard InChI is InChI=1S/C57H85N7O13/c1-10-11-12-13-14-15-19-22-47(69)59-42(29-38-20-17-16-18-21-38)45(67)31-48(70)62-52(36(4)5)55(74)60-43(33-65)46(68)32-49(71)61-51(35(2)3)54(73)58-40-25-28-50(72)64(9)53(37(6)7)56(75)63(8)44(57(76)77-34-40)30-39-23-26-41(66)27-24-39/h15-21,23-28,35-37,40,42-46,51-53,65-68H,10-14,22,29-34H2,1-9H3,(H,58,73)(H,59,69)(H,60,74)(H,61,71)(H,62,70). The maximum Gasteiger partial charge on any atom is 0.329 e. The molecular weight excluding hydrogens is 991 g/mol. The van der Waals surface area contributed by atoms with Crippen LogP contribution in [0.4, 0.5) is 0 Å². The maximum atomic E-state index is 13.9. The number of phenols is 1. The SMILES string of the molecule is CCCCCCC=CCC(=O)NC(Cc1ccccc1)C(O)CC(=O)NC(C(=O)NC(CO)C(O)CC(=O)NC(C(=O)NC1C=CC(=O)N(C)C(C(C)C)C(=O)N(C)C(Cc2ccc(O)cc2)C(=O)OC1)C(C)C)C(C)C. The number of aliphatic hydroxyl groups excluding tert-OH is 3. The van der Waals surface area contributed by atoms with E-state index >= 15 is 0 Å². The summed E-state index contributed by atoms with van der Waals surface area (Å²) in [6, 6.07) is 7.28. The van der Waals surface area contributed by atoms with Gasteiger partial charge in [0.2, 0.25) is 41.4 Å². The molecule has 1 aliphatic rings. The van der Waals surface area contributed by atoms with Gasteiger partial charge in [-0.3, -0.25) is 33.6 Å². The van der Waals surface area contributed by atoms with E-state index in [1.54, 1.807) is 59.8 Å². The van der Waals surface area contributed by atoms with Gasteiger partial charge < -0.3 is 61.5 Å².